The number of rotatable bonds is 1. The maximum atomic E-state index is 12.6. The minimum absolute atomic E-state index is 0.0992. The van der Waals surface area contributed by atoms with Crippen LogP contribution >= 0.6 is 0 Å². The third kappa shape index (κ3) is 2.12. The van der Waals surface area contributed by atoms with Gasteiger partial charge in [0.15, 0.2) is 0 Å². The molecule has 1 amide bonds. The molecule has 1 atom stereocenters. The van der Waals surface area contributed by atoms with Crippen molar-refractivity contribution in [3.05, 3.63) is 53.9 Å². The summed E-state index contributed by atoms with van der Waals surface area (Å²) in [6.45, 7) is 0.442. The fraction of sp³-hybridized carbons (Fsp3) is 0.200. The number of carbonyl (C=O) groups is 1. The quantitative estimate of drug-likeness (QED) is 0.818. The Kier molecular flexibility index (Phi) is 3.12. The first-order valence-electron chi connectivity index (χ1n) is 6.45. The van der Waals surface area contributed by atoms with Crippen molar-refractivity contribution >= 4 is 11.6 Å². The van der Waals surface area contributed by atoms with Crippen molar-refractivity contribution in [2.75, 3.05) is 11.4 Å². The number of carbonyl (C=O) groups excluding carboxylic acids is 1. The van der Waals surface area contributed by atoms with E-state index in [1.165, 1.54) is 18.5 Å². The van der Waals surface area contributed by atoms with E-state index in [0.29, 0.717) is 6.54 Å². The molecule has 0 radical (unpaired) electrons. The van der Waals surface area contributed by atoms with Crippen LogP contribution in [0.2, 0.25) is 0 Å². The van der Waals surface area contributed by atoms with E-state index in [4.69, 9.17) is 5.73 Å². The summed E-state index contributed by atoms with van der Waals surface area (Å²) in [4.78, 5) is 18.0. The predicted molar refractivity (Wildman–Crippen MR) is 75.7 cm³/mol. The molecule has 0 fully saturated rings. The summed E-state index contributed by atoms with van der Waals surface area (Å²) in [7, 11) is 0. The molecular weight excluding hydrogens is 254 g/mol. The number of hydrogen-bond donors (Lipinski definition) is 2. The summed E-state index contributed by atoms with van der Waals surface area (Å²) < 4.78 is 0. The monoisotopic (exact) mass is 269 g/mol. The number of fused-ring (bicyclic) bond motifs is 1. The zero-order valence-electron chi connectivity index (χ0n) is 10.9. The fourth-order valence-electron chi connectivity index (χ4n) is 2.53. The molecule has 1 aliphatic rings. The Hall–Kier alpha value is -2.40. The summed E-state index contributed by atoms with van der Waals surface area (Å²) in [6.07, 6.45) is 3.51. The van der Waals surface area contributed by atoms with Crippen molar-refractivity contribution in [3.63, 3.8) is 0 Å². The molecule has 102 valence electrons. The van der Waals surface area contributed by atoms with Crippen molar-refractivity contribution in [2.45, 2.75) is 12.5 Å². The maximum absolute atomic E-state index is 12.6. The molecule has 0 saturated carbocycles. The summed E-state index contributed by atoms with van der Waals surface area (Å²) in [5.41, 5.74) is 8.17. The van der Waals surface area contributed by atoms with Crippen LogP contribution in [-0.2, 0) is 6.42 Å². The van der Waals surface area contributed by atoms with E-state index < -0.39 is 0 Å². The number of aromatic hydroxyl groups is 1. The lowest BCUT2D eigenvalue weighted by Crippen LogP contribution is -2.46. The number of nitrogens with zero attached hydrogens (tertiary/aromatic N) is 2. The van der Waals surface area contributed by atoms with Gasteiger partial charge in [-0.15, -0.1) is 0 Å². The Labute approximate surface area is 116 Å². The first kappa shape index (κ1) is 12.6. The Morgan fingerprint density at radius 1 is 1.35 bits per heavy atom. The molecule has 1 aromatic heterocycles. The summed E-state index contributed by atoms with van der Waals surface area (Å²) in [5.74, 6) is -0.373. The van der Waals surface area contributed by atoms with Crippen molar-refractivity contribution < 1.29 is 9.90 Å². The summed E-state index contributed by atoms with van der Waals surface area (Å²) in [5, 5.41) is 9.78. The highest BCUT2D eigenvalue weighted by Crippen LogP contribution is 2.29. The third-order valence-corrected chi connectivity index (χ3v) is 3.46. The lowest BCUT2D eigenvalue weighted by molar-refractivity contribution is 0.0980. The molecule has 3 rings (SSSR count). The van der Waals surface area contributed by atoms with Crippen LogP contribution in [-0.4, -0.2) is 28.6 Å². The second-order valence-electron chi connectivity index (χ2n) is 4.90. The van der Waals surface area contributed by atoms with Crippen LogP contribution in [0.25, 0.3) is 0 Å². The smallest absolute Gasteiger partial charge is 0.262 e. The minimum Gasteiger partial charge on any atom is -0.505 e. The van der Waals surface area contributed by atoms with E-state index in [1.54, 1.807) is 4.90 Å². The Balaban J connectivity index is 2.02. The molecule has 0 saturated heterocycles. The molecule has 0 spiro atoms. The number of anilines is 1. The van der Waals surface area contributed by atoms with Crippen LogP contribution in [0.1, 0.15) is 15.9 Å². The normalized spacial score (nSPS) is 17.6. The van der Waals surface area contributed by atoms with Gasteiger partial charge < -0.3 is 15.7 Å². The lowest BCUT2D eigenvalue weighted by Gasteiger charge is -2.33. The zero-order valence-corrected chi connectivity index (χ0v) is 10.9. The van der Waals surface area contributed by atoms with Crippen LogP contribution in [0.15, 0.2) is 42.7 Å². The van der Waals surface area contributed by atoms with Gasteiger partial charge in [-0.2, -0.15) is 0 Å². The van der Waals surface area contributed by atoms with Crippen LogP contribution in [0.3, 0.4) is 0 Å². The van der Waals surface area contributed by atoms with Gasteiger partial charge in [0.25, 0.3) is 5.91 Å². The van der Waals surface area contributed by atoms with E-state index in [0.717, 1.165) is 17.7 Å². The molecule has 0 bridgehead atoms. The second-order valence-corrected chi connectivity index (χ2v) is 4.90. The standard InChI is InChI=1S/C15H15N3O2/c16-11-7-10-3-1-2-4-13(10)18(9-11)15(20)12-5-6-17-8-14(12)19/h1-6,8,11,19H,7,9,16H2. The maximum Gasteiger partial charge on any atom is 0.262 e. The molecule has 0 aliphatic carbocycles. The third-order valence-electron chi connectivity index (χ3n) is 3.46. The van der Waals surface area contributed by atoms with Crippen LogP contribution < -0.4 is 10.6 Å². The highest BCUT2D eigenvalue weighted by Gasteiger charge is 2.28. The van der Waals surface area contributed by atoms with Gasteiger partial charge in [0, 0.05) is 24.5 Å². The fourth-order valence-corrected chi connectivity index (χ4v) is 2.53. The molecule has 1 unspecified atom stereocenters. The predicted octanol–water partition coefficient (Wildman–Crippen LogP) is 1.32. The zero-order chi connectivity index (χ0) is 14.1. The van der Waals surface area contributed by atoms with E-state index in [1.807, 2.05) is 24.3 Å². The summed E-state index contributed by atoms with van der Waals surface area (Å²) >= 11 is 0. The highest BCUT2D eigenvalue weighted by atomic mass is 16.3. The molecule has 1 aromatic carbocycles. The number of hydrogen-bond acceptors (Lipinski definition) is 4. The average Bonchev–Trinajstić information content (AvgIpc) is 2.46. The molecule has 2 aromatic rings. The van der Waals surface area contributed by atoms with Gasteiger partial charge in [-0.1, -0.05) is 18.2 Å². The van der Waals surface area contributed by atoms with Crippen molar-refractivity contribution in [2.24, 2.45) is 5.73 Å². The van der Waals surface area contributed by atoms with Gasteiger partial charge in [-0.05, 0) is 24.1 Å². The molecule has 1 aliphatic heterocycles. The van der Waals surface area contributed by atoms with E-state index in [-0.39, 0.29) is 23.3 Å². The second kappa shape index (κ2) is 4.94. The van der Waals surface area contributed by atoms with Crippen LogP contribution in [0.5, 0.6) is 5.75 Å². The lowest BCUT2D eigenvalue weighted by atomic mass is 9.97. The number of para-hydroxylation sites is 1. The van der Waals surface area contributed by atoms with Crippen molar-refractivity contribution in [1.82, 2.24) is 4.98 Å². The molecule has 3 N–H and O–H groups in total. The van der Waals surface area contributed by atoms with Gasteiger partial charge >= 0.3 is 0 Å². The summed E-state index contributed by atoms with van der Waals surface area (Å²) in [6, 6.07) is 9.11. The number of amides is 1. The van der Waals surface area contributed by atoms with E-state index in [9.17, 15) is 9.90 Å². The van der Waals surface area contributed by atoms with E-state index >= 15 is 0 Å². The molecular formula is C15H15N3O2. The Morgan fingerprint density at radius 2 is 2.15 bits per heavy atom. The topological polar surface area (TPSA) is 79.5 Å². The van der Waals surface area contributed by atoms with Crippen molar-refractivity contribution in [1.29, 1.82) is 0 Å². The van der Waals surface area contributed by atoms with Gasteiger partial charge in [-0.3, -0.25) is 9.78 Å². The van der Waals surface area contributed by atoms with Crippen LogP contribution in [0, 0.1) is 0 Å². The van der Waals surface area contributed by atoms with Gasteiger partial charge in [0.1, 0.15) is 5.75 Å². The SMILES string of the molecule is NC1Cc2ccccc2N(C(=O)c2ccncc2O)C1. The average molecular weight is 269 g/mol. The number of pyridine rings is 1. The van der Waals surface area contributed by atoms with Gasteiger partial charge in [-0.25, -0.2) is 0 Å². The number of nitrogens with two attached hydrogens (primary N) is 1. The first-order chi connectivity index (χ1) is 9.66. The molecule has 2 heterocycles. The van der Waals surface area contributed by atoms with E-state index in [2.05, 4.69) is 4.98 Å². The van der Waals surface area contributed by atoms with Gasteiger partial charge in [0.05, 0.1) is 11.8 Å². The van der Waals surface area contributed by atoms with Gasteiger partial charge in [0.2, 0.25) is 0 Å². The van der Waals surface area contributed by atoms with Crippen molar-refractivity contribution in [3.8, 4) is 5.75 Å². The molecule has 20 heavy (non-hydrogen) atoms. The minimum atomic E-state index is -0.257. The molecule has 5 heteroatoms. The Bertz CT molecular complexity index is 657. The number of benzene rings is 1. The highest BCUT2D eigenvalue weighted by molar-refractivity contribution is 6.08. The number of aromatic nitrogens is 1. The Morgan fingerprint density at radius 3 is 2.95 bits per heavy atom. The molecule has 5 nitrogen and oxygen atoms in total. The largest absolute Gasteiger partial charge is 0.505 e. The van der Waals surface area contributed by atoms with Crippen LogP contribution in [0.4, 0.5) is 5.69 Å². The first-order valence-corrected chi connectivity index (χ1v) is 6.45.